The first-order valence-corrected chi connectivity index (χ1v) is 20.9. The third kappa shape index (κ3) is 7.26. The Labute approximate surface area is 336 Å². The number of imidazole rings is 2. The second-order valence-electron chi connectivity index (χ2n) is 17.5. The number of alkyl carbamates (subject to hydrolysis) is 1. The Morgan fingerprint density at radius 3 is 1.96 bits per heavy atom. The number of hydrogen-bond acceptors (Lipinski definition) is 7. The molecule has 2 bridgehead atoms. The van der Waals surface area contributed by atoms with Crippen LogP contribution in [0.2, 0.25) is 0 Å². The van der Waals surface area contributed by atoms with Gasteiger partial charge in [0.25, 0.3) is 0 Å². The summed E-state index contributed by atoms with van der Waals surface area (Å²) in [4.78, 5) is 62.6. The van der Waals surface area contributed by atoms with Crippen molar-refractivity contribution < 1.29 is 19.1 Å². The lowest BCUT2D eigenvalue weighted by molar-refractivity contribution is -0.137. The smallest absolute Gasteiger partial charge is 0.407 e. The molecule has 2 aromatic carbocycles. The summed E-state index contributed by atoms with van der Waals surface area (Å²) in [5.41, 5.74) is 5.94. The topological polar surface area (TPSA) is 140 Å². The molecular weight excluding hydrogens is 717 g/mol. The molecule has 5 fully saturated rings. The van der Waals surface area contributed by atoms with E-state index in [9.17, 15) is 14.4 Å². The number of likely N-dealkylation sites (N-methyl/N-ethyl adjacent to an activating group) is 1. The van der Waals surface area contributed by atoms with Crippen molar-refractivity contribution in [2.24, 2.45) is 5.92 Å². The number of hydrogen-bond donors (Lipinski definition) is 3. The first kappa shape index (κ1) is 38.9. The molecule has 3 N–H and O–H groups in total. The first-order valence-electron chi connectivity index (χ1n) is 20.9. The van der Waals surface area contributed by atoms with E-state index in [0.717, 1.165) is 99.2 Å². The summed E-state index contributed by atoms with van der Waals surface area (Å²) in [5, 5.41) is 2.73. The number of amides is 3. The number of ether oxygens (including phenoxy) is 1. The SMILES string of the molecule is COC(=O)N[C@H](C(=O)N1CCC[C@H]1c1ncc(-c2ccc(C34CCC(c5cnc([C@@H]6CCCN6C(=O)[C@@H](c6ccccc6)N(C)C)[nH]5)(CC3)CC4)cc2)[nH]1)C(C)C. The molecule has 5 aliphatic rings. The fraction of sp³-hybridized carbons (Fsp3) is 0.533. The van der Waals surface area contributed by atoms with Gasteiger partial charge in [-0.3, -0.25) is 14.5 Å². The highest BCUT2D eigenvalue weighted by atomic mass is 16.5. The van der Waals surface area contributed by atoms with Crippen molar-refractivity contribution in [1.82, 2.24) is 40.0 Å². The highest BCUT2D eigenvalue weighted by molar-refractivity contribution is 5.86. The molecule has 0 unspecified atom stereocenters. The molecule has 0 spiro atoms. The van der Waals surface area contributed by atoms with Crippen LogP contribution in [0.5, 0.6) is 0 Å². The molecule has 3 saturated carbocycles. The zero-order chi connectivity index (χ0) is 39.9. The molecule has 4 aromatic rings. The van der Waals surface area contributed by atoms with Crippen molar-refractivity contribution in [3.8, 4) is 11.3 Å². The summed E-state index contributed by atoms with van der Waals surface area (Å²) in [6.45, 7) is 5.22. The van der Waals surface area contributed by atoms with E-state index >= 15 is 0 Å². The Bertz CT molecular complexity index is 2030. The van der Waals surface area contributed by atoms with Gasteiger partial charge >= 0.3 is 6.09 Å². The average Bonchev–Trinajstić information content (AvgIpc) is 4.07. The minimum absolute atomic E-state index is 0.0308. The van der Waals surface area contributed by atoms with Gasteiger partial charge in [0.1, 0.15) is 23.7 Å². The summed E-state index contributed by atoms with van der Waals surface area (Å²) in [7, 11) is 5.27. The van der Waals surface area contributed by atoms with Crippen molar-refractivity contribution in [3.05, 3.63) is 95.5 Å². The molecule has 2 aromatic heterocycles. The molecule has 0 radical (unpaired) electrons. The molecule has 9 rings (SSSR count). The Balaban J connectivity index is 0.917. The van der Waals surface area contributed by atoms with Crippen LogP contribution in [0, 0.1) is 5.92 Å². The van der Waals surface area contributed by atoms with Crippen LogP contribution in [0.3, 0.4) is 0 Å². The summed E-state index contributed by atoms with van der Waals surface area (Å²) < 4.78 is 4.79. The second-order valence-corrected chi connectivity index (χ2v) is 17.5. The third-order valence-electron chi connectivity index (χ3n) is 13.8. The normalized spacial score (nSPS) is 25.6. The van der Waals surface area contributed by atoms with Gasteiger partial charge in [-0.2, -0.15) is 0 Å². The van der Waals surface area contributed by atoms with Crippen molar-refractivity contribution in [1.29, 1.82) is 0 Å². The van der Waals surface area contributed by atoms with Crippen LogP contribution in [0.25, 0.3) is 11.3 Å². The zero-order valence-corrected chi connectivity index (χ0v) is 34.1. The van der Waals surface area contributed by atoms with Crippen LogP contribution in [0.1, 0.15) is 125 Å². The number of H-pyrrole nitrogens is 2. The van der Waals surface area contributed by atoms with Crippen molar-refractivity contribution >= 4 is 17.9 Å². The second kappa shape index (κ2) is 15.8. The van der Waals surface area contributed by atoms with Crippen LogP contribution in [-0.2, 0) is 25.2 Å². The van der Waals surface area contributed by atoms with Gasteiger partial charge in [0.2, 0.25) is 11.8 Å². The van der Waals surface area contributed by atoms with E-state index in [4.69, 9.17) is 14.7 Å². The molecule has 4 heterocycles. The highest BCUT2D eigenvalue weighted by Gasteiger charge is 2.51. The van der Waals surface area contributed by atoms with E-state index in [1.165, 1.54) is 18.4 Å². The average molecular weight is 775 g/mol. The molecule has 3 amide bonds. The molecule has 2 aliphatic heterocycles. The molecular formula is C45H58N8O4. The van der Waals surface area contributed by atoms with Gasteiger partial charge in [0.05, 0.1) is 31.1 Å². The van der Waals surface area contributed by atoms with Crippen LogP contribution >= 0.6 is 0 Å². The third-order valence-corrected chi connectivity index (χ3v) is 13.8. The number of fused-ring (bicyclic) bond motifs is 3. The predicted octanol–water partition coefficient (Wildman–Crippen LogP) is 7.35. The number of carbonyl (C=O) groups is 3. The fourth-order valence-corrected chi connectivity index (χ4v) is 10.4. The van der Waals surface area contributed by atoms with Crippen molar-refractivity contribution in [2.75, 3.05) is 34.3 Å². The monoisotopic (exact) mass is 774 g/mol. The number of aromatic nitrogens is 4. The maximum Gasteiger partial charge on any atom is 0.407 e. The standard InChI is InChI=1S/C45H58N8O4/c1-29(2)37(50-43(56)57-5)41(54)52-25-9-13-34(52)39-46-27-33(48-39)30-15-17-32(18-16-30)44-19-22-45(23-20-44,24-21-44)36-28-47-40(49-36)35-14-10-26-53(35)42(55)38(51(3)4)31-11-7-6-8-12-31/h6-8,11-12,15-18,27-29,34-35,37-38H,9-10,13-14,19-26H2,1-5H3,(H,46,48)(H,47,49)(H,50,56)/t34-,35-,37-,38+,44?,45?/m0/s1. The molecule has 4 atom stereocenters. The molecule has 2 saturated heterocycles. The van der Waals surface area contributed by atoms with Gasteiger partial charge in [-0.05, 0) is 106 Å². The van der Waals surface area contributed by atoms with Gasteiger partial charge in [-0.25, -0.2) is 14.8 Å². The minimum atomic E-state index is -0.664. The number of nitrogens with one attached hydrogen (secondary N) is 3. The number of aromatic amines is 2. The van der Waals surface area contributed by atoms with E-state index in [1.807, 2.05) is 74.3 Å². The Kier molecular flexibility index (Phi) is 10.7. The number of benzene rings is 2. The highest BCUT2D eigenvalue weighted by Crippen LogP contribution is 2.58. The minimum Gasteiger partial charge on any atom is -0.453 e. The lowest BCUT2D eigenvalue weighted by Crippen LogP contribution is -2.51. The van der Waals surface area contributed by atoms with Crippen LogP contribution in [0.15, 0.2) is 67.0 Å². The van der Waals surface area contributed by atoms with Gasteiger partial charge in [-0.1, -0.05) is 68.4 Å². The van der Waals surface area contributed by atoms with E-state index < -0.39 is 12.1 Å². The lowest BCUT2D eigenvalue weighted by atomic mass is 9.51. The van der Waals surface area contributed by atoms with E-state index in [-0.39, 0.29) is 46.7 Å². The molecule has 12 nitrogen and oxygen atoms in total. The quantitative estimate of drug-likeness (QED) is 0.145. The number of likely N-dealkylation sites (tertiary alicyclic amines) is 2. The molecule has 302 valence electrons. The predicted molar refractivity (Wildman–Crippen MR) is 218 cm³/mol. The largest absolute Gasteiger partial charge is 0.453 e. The van der Waals surface area contributed by atoms with E-state index in [0.29, 0.717) is 6.54 Å². The number of rotatable bonds is 11. The summed E-state index contributed by atoms with van der Waals surface area (Å²) >= 11 is 0. The van der Waals surface area contributed by atoms with Gasteiger partial charge < -0.3 is 29.8 Å². The molecule has 57 heavy (non-hydrogen) atoms. The number of carbonyl (C=O) groups excluding carboxylic acids is 3. The summed E-state index contributed by atoms with van der Waals surface area (Å²) in [6.07, 6.45) is 13.7. The Morgan fingerprint density at radius 1 is 0.789 bits per heavy atom. The lowest BCUT2D eigenvalue weighted by Gasteiger charge is -2.53. The van der Waals surface area contributed by atoms with E-state index in [2.05, 4.69) is 50.6 Å². The van der Waals surface area contributed by atoms with Crippen LogP contribution in [0.4, 0.5) is 4.79 Å². The van der Waals surface area contributed by atoms with Crippen LogP contribution in [-0.4, -0.2) is 92.9 Å². The summed E-state index contributed by atoms with van der Waals surface area (Å²) in [5.74, 6) is 1.65. The summed E-state index contributed by atoms with van der Waals surface area (Å²) in [6, 6.07) is 17.9. The zero-order valence-electron chi connectivity index (χ0n) is 34.1. The van der Waals surface area contributed by atoms with E-state index in [1.54, 1.807) is 0 Å². The van der Waals surface area contributed by atoms with Gasteiger partial charge in [-0.15, -0.1) is 0 Å². The molecule has 12 heteroatoms. The number of methoxy groups -OCH3 is 1. The first-order chi connectivity index (χ1) is 27.5. The Morgan fingerprint density at radius 2 is 1.37 bits per heavy atom. The van der Waals surface area contributed by atoms with Gasteiger partial charge in [0, 0.05) is 30.4 Å². The maximum atomic E-state index is 14.1. The maximum absolute atomic E-state index is 14.1. The Hall–Kier alpha value is -4.97. The van der Waals surface area contributed by atoms with Crippen LogP contribution < -0.4 is 5.32 Å². The number of nitrogens with zero attached hydrogens (tertiary/aromatic N) is 5. The van der Waals surface area contributed by atoms with Crippen molar-refractivity contribution in [2.45, 2.75) is 113 Å². The van der Waals surface area contributed by atoms with Crippen molar-refractivity contribution in [3.63, 3.8) is 0 Å². The van der Waals surface area contributed by atoms with Gasteiger partial charge in [0.15, 0.2) is 0 Å². The fourth-order valence-electron chi connectivity index (χ4n) is 10.4. The molecule has 3 aliphatic carbocycles.